The van der Waals surface area contributed by atoms with Crippen molar-refractivity contribution in [3.05, 3.63) is 58.8 Å². The van der Waals surface area contributed by atoms with Gasteiger partial charge in [0, 0.05) is 17.7 Å². The highest BCUT2D eigenvalue weighted by molar-refractivity contribution is 5.82. The standard InChI is InChI=1S/C28H35F3N2O6/c1-15(2)39-26(36)33-21(19-11-9-8-10-16(19)3)23(20(27(4,5)6)22(33)25(34)35)38-14-17-12-18(28(29,30)31)13-32-24(17)37-7/h8-13,15,20-23H,14H2,1-7H3,(H,34,35)/t20-,21+,22+,23+/m1/s1. The molecule has 4 atom stereocenters. The highest BCUT2D eigenvalue weighted by atomic mass is 19.4. The molecule has 0 saturated carbocycles. The summed E-state index contributed by atoms with van der Waals surface area (Å²) >= 11 is 0. The van der Waals surface area contributed by atoms with Gasteiger partial charge in [-0.1, -0.05) is 45.0 Å². The molecule has 3 rings (SSSR count). The van der Waals surface area contributed by atoms with Crippen molar-refractivity contribution in [1.82, 2.24) is 9.88 Å². The number of ether oxygens (including phenoxy) is 3. The van der Waals surface area contributed by atoms with E-state index in [9.17, 15) is 27.9 Å². The number of hydrogen-bond acceptors (Lipinski definition) is 6. The maximum Gasteiger partial charge on any atom is 0.417 e. The smallest absolute Gasteiger partial charge is 0.417 e. The number of alkyl halides is 3. The number of carboxylic acids is 1. The van der Waals surface area contributed by atoms with Gasteiger partial charge >= 0.3 is 18.2 Å². The van der Waals surface area contributed by atoms with Crippen molar-refractivity contribution in [2.45, 2.75) is 78.6 Å². The molecule has 1 aromatic carbocycles. The van der Waals surface area contributed by atoms with Gasteiger partial charge in [0.2, 0.25) is 5.88 Å². The van der Waals surface area contributed by atoms with Gasteiger partial charge in [0.1, 0.15) is 6.04 Å². The fraction of sp³-hybridized carbons (Fsp3) is 0.536. The minimum absolute atomic E-state index is 0.0404. The fourth-order valence-electron chi connectivity index (χ4n) is 5.18. The fourth-order valence-corrected chi connectivity index (χ4v) is 5.18. The lowest BCUT2D eigenvalue weighted by molar-refractivity contribution is -0.145. The second-order valence-electron chi connectivity index (χ2n) is 11.0. The molecule has 0 spiro atoms. The van der Waals surface area contributed by atoms with Gasteiger partial charge < -0.3 is 19.3 Å². The summed E-state index contributed by atoms with van der Waals surface area (Å²) in [6.07, 6.45) is -6.21. The highest BCUT2D eigenvalue weighted by Gasteiger charge is 2.59. The SMILES string of the molecule is COc1ncc(C(F)(F)F)cc1CO[C@H]1[C@H](C(C)(C)C)[C@@H](C(=O)O)N(C(=O)OC(C)C)[C@H]1c1ccccc1C. The number of likely N-dealkylation sites (tertiary alicyclic amines) is 1. The molecule has 1 aliphatic rings. The lowest BCUT2D eigenvalue weighted by Gasteiger charge is -2.34. The van der Waals surface area contributed by atoms with E-state index in [2.05, 4.69) is 4.98 Å². The van der Waals surface area contributed by atoms with Crippen LogP contribution in [0.4, 0.5) is 18.0 Å². The van der Waals surface area contributed by atoms with Crippen LogP contribution in [0, 0.1) is 18.3 Å². The molecule has 1 N–H and O–H groups in total. The van der Waals surface area contributed by atoms with Crippen molar-refractivity contribution in [3.8, 4) is 5.88 Å². The van der Waals surface area contributed by atoms with Crippen molar-refractivity contribution in [3.63, 3.8) is 0 Å². The minimum atomic E-state index is -4.63. The quantitative estimate of drug-likeness (QED) is 0.449. The van der Waals surface area contributed by atoms with E-state index >= 15 is 0 Å². The van der Waals surface area contributed by atoms with E-state index in [0.717, 1.165) is 11.6 Å². The Hall–Kier alpha value is -3.34. The molecule has 0 aliphatic carbocycles. The van der Waals surface area contributed by atoms with Gasteiger partial charge in [-0.25, -0.2) is 14.6 Å². The van der Waals surface area contributed by atoms with Crippen molar-refractivity contribution < 1.29 is 42.1 Å². The van der Waals surface area contributed by atoms with Gasteiger partial charge in [0.05, 0.1) is 37.5 Å². The summed E-state index contributed by atoms with van der Waals surface area (Å²) in [6.45, 7) is 10.3. The summed E-state index contributed by atoms with van der Waals surface area (Å²) < 4.78 is 57.3. The zero-order valence-corrected chi connectivity index (χ0v) is 23.1. The Kier molecular flexibility index (Phi) is 8.84. The summed E-state index contributed by atoms with van der Waals surface area (Å²) in [6, 6.07) is 5.87. The number of carboxylic acid groups (broad SMARTS) is 1. The minimum Gasteiger partial charge on any atom is -0.481 e. The van der Waals surface area contributed by atoms with Crippen LogP contribution in [-0.4, -0.2) is 52.4 Å². The average molecular weight is 553 g/mol. The van der Waals surface area contributed by atoms with Crippen LogP contribution in [-0.2, 0) is 27.1 Å². The van der Waals surface area contributed by atoms with Gasteiger partial charge in [-0.3, -0.25) is 4.90 Å². The van der Waals surface area contributed by atoms with E-state index in [1.807, 2.05) is 39.8 Å². The first kappa shape index (κ1) is 30.2. The molecule has 2 aromatic rings. The number of benzene rings is 1. The third kappa shape index (κ3) is 6.46. The van der Waals surface area contributed by atoms with Crippen LogP contribution >= 0.6 is 0 Å². The third-order valence-corrected chi connectivity index (χ3v) is 6.79. The summed E-state index contributed by atoms with van der Waals surface area (Å²) in [7, 11) is 1.28. The van der Waals surface area contributed by atoms with E-state index in [1.165, 1.54) is 12.0 Å². The summed E-state index contributed by atoms with van der Waals surface area (Å²) in [5.41, 5.74) is -0.191. The zero-order chi connectivity index (χ0) is 29.3. The number of nitrogens with zero attached hydrogens (tertiary/aromatic N) is 2. The number of rotatable bonds is 7. The number of pyridine rings is 1. The first-order valence-corrected chi connectivity index (χ1v) is 12.6. The predicted octanol–water partition coefficient (Wildman–Crippen LogP) is 6.02. The molecule has 11 heteroatoms. The maximum absolute atomic E-state index is 13.4. The Morgan fingerprint density at radius 1 is 1.15 bits per heavy atom. The number of amides is 1. The Morgan fingerprint density at radius 3 is 2.31 bits per heavy atom. The van der Waals surface area contributed by atoms with Crippen LogP contribution in [0.2, 0.25) is 0 Å². The van der Waals surface area contributed by atoms with Crippen LogP contribution < -0.4 is 4.74 Å². The lowest BCUT2D eigenvalue weighted by atomic mass is 9.73. The summed E-state index contributed by atoms with van der Waals surface area (Å²) in [5.74, 6) is -2.05. The van der Waals surface area contributed by atoms with Crippen LogP contribution in [0.3, 0.4) is 0 Å². The van der Waals surface area contributed by atoms with E-state index in [0.29, 0.717) is 11.8 Å². The number of aromatic nitrogens is 1. The zero-order valence-electron chi connectivity index (χ0n) is 23.1. The number of carbonyl (C=O) groups excluding carboxylic acids is 1. The van der Waals surface area contributed by atoms with Gasteiger partial charge in [-0.05, 0) is 43.4 Å². The number of methoxy groups -OCH3 is 1. The number of hydrogen-bond donors (Lipinski definition) is 1. The van der Waals surface area contributed by atoms with Crippen LogP contribution in [0.1, 0.15) is 62.9 Å². The van der Waals surface area contributed by atoms with Gasteiger partial charge in [-0.15, -0.1) is 0 Å². The molecule has 214 valence electrons. The van der Waals surface area contributed by atoms with Crippen LogP contribution in [0.15, 0.2) is 36.5 Å². The Balaban J connectivity index is 2.18. The van der Waals surface area contributed by atoms with E-state index in [-0.39, 0.29) is 18.1 Å². The summed E-state index contributed by atoms with van der Waals surface area (Å²) in [5, 5.41) is 10.4. The molecule has 1 aliphatic heterocycles. The first-order chi connectivity index (χ1) is 18.1. The Bertz CT molecular complexity index is 1190. The molecule has 0 bridgehead atoms. The van der Waals surface area contributed by atoms with Crippen LogP contribution in [0.5, 0.6) is 5.88 Å². The topological polar surface area (TPSA) is 98.2 Å². The molecule has 39 heavy (non-hydrogen) atoms. The summed E-state index contributed by atoms with van der Waals surface area (Å²) in [4.78, 5) is 31.2. The molecule has 1 aromatic heterocycles. The molecule has 2 heterocycles. The first-order valence-electron chi connectivity index (χ1n) is 12.6. The second-order valence-corrected chi connectivity index (χ2v) is 11.0. The monoisotopic (exact) mass is 552 g/mol. The number of halogens is 3. The van der Waals surface area contributed by atoms with Crippen molar-refractivity contribution in [2.24, 2.45) is 11.3 Å². The third-order valence-electron chi connectivity index (χ3n) is 6.79. The van der Waals surface area contributed by atoms with Crippen molar-refractivity contribution >= 4 is 12.1 Å². The van der Waals surface area contributed by atoms with E-state index < -0.39 is 59.4 Å². The van der Waals surface area contributed by atoms with E-state index in [4.69, 9.17) is 14.2 Å². The molecular formula is C28H35F3N2O6. The highest BCUT2D eigenvalue weighted by Crippen LogP contribution is 2.50. The predicted molar refractivity (Wildman–Crippen MR) is 136 cm³/mol. The van der Waals surface area contributed by atoms with Crippen LogP contribution in [0.25, 0.3) is 0 Å². The Morgan fingerprint density at radius 2 is 1.79 bits per heavy atom. The maximum atomic E-state index is 13.4. The molecular weight excluding hydrogens is 517 g/mol. The van der Waals surface area contributed by atoms with Crippen molar-refractivity contribution in [1.29, 1.82) is 0 Å². The molecule has 1 amide bonds. The Labute approximate surface area is 226 Å². The molecule has 0 radical (unpaired) electrons. The number of aliphatic carboxylic acids is 1. The lowest BCUT2D eigenvalue weighted by Crippen LogP contribution is -2.47. The van der Waals surface area contributed by atoms with E-state index in [1.54, 1.807) is 26.0 Å². The largest absolute Gasteiger partial charge is 0.481 e. The number of carbonyl (C=O) groups is 2. The molecule has 1 fully saturated rings. The normalized spacial score (nSPS) is 21.8. The number of aryl methyl sites for hydroxylation is 1. The van der Waals surface area contributed by atoms with Gasteiger partial charge in [-0.2, -0.15) is 13.2 Å². The van der Waals surface area contributed by atoms with Gasteiger partial charge in [0.25, 0.3) is 0 Å². The average Bonchev–Trinajstić information content (AvgIpc) is 3.17. The van der Waals surface area contributed by atoms with Gasteiger partial charge in [0.15, 0.2) is 0 Å². The molecule has 1 saturated heterocycles. The van der Waals surface area contributed by atoms with Crippen molar-refractivity contribution in [2.75, 3.05) is 7.11 Å². The molecule has 8 nitrogen and oxygen atoms in total. The second kappa shape index (κ2) is 11.4. The molecule has 0 unspecified atom stereocenters.